The molecule has 0 spiro atoms. The zero-order chi connectivity index (χ0) is 12.1. The van der Waals surface area contributed by atoms with Crippen molar-refractivity contribution in [1.82, 2.24) is 4.90 Å². The minimum Gasteiger partial charge on any atom is -0.377 e. The smallest absolute Gasteiger partial charge is 0.0702 e. The quantitative estimate of drug-likeness (QED) is 0.752. The van der Waals surface area contributed by atoms with Crippen LogP contribution in [0.25, 0.3) is 0 Å². The van der Waals surface area contributed by atoms with E-state index in [0.29, 0.717) is 18.1 Å². The molecule has 1 fully saturated rings. The third-order valence-corrected chi connectivity index (χ3v) is 3.59. The summed E-state index contributed by atoms with van der Waals surface area (Å²) < 4.78 is 5.61. The predicted octanol–water partition coefficient (Wildman–Crippen LogP) is 1.72. The Kier molecular flexibility index (Phi) is 5.73. The van der Waals surface area contributed by atoms with Crippen LogP contribution in [0, 0.1) is 11.8 Å². The molecular formula is C13H28N2O. The Morgan fingerprint density at radius 3 is 2.56 bits per heavy atom. The van der Waals surface area contributed by atoms with Gasteiger partial charge < -0.3 is 15.4 Å². The molecule has 0 saturated carbocycles. The molecule has 16 heavy (non-hydrogen) atoms. The van der Waals surface area contributed by atoms with Gasteiger partial charge in [0.15, 0.2) is 0 Å². The van der Waals surface area contributed by atoms with Crippen molar-refractivity contribution in [3.63, 3.8) is 0 Å². The van der Waals surface area contributed by atoms with Crippen molar-refractivity contribution < 1.29 is 4.74 Å². The Morgan fingerprint density at radius 2 is 2.12 bits per heavy atom. The van der Waals surface area contributed by atoms with Gasteiger partial charge in [-0.2, -0.15) is 0 Å². The van der Waals surface area contributed by atoms with E-state index < -0.39 is 0 Å². The average molecular weight is 228 g/mol. The highest BCUT2D eigenvalue weighted by Crippen LogP contribution is 2.20. The molecule has 2 N–H and O–H groups in total. The highest BCUT2D eigenvalue weighted by atomic mass is 16.5. The molecular weight excluding hydrogens is 200 g/mol. The molecule has 3 unspecified atom stereocenters. The molecule has 3 heteroatoms. The summed E-state index contributed by atoms with van der Waals surface area (Å²) in [4.78, 5) is 2.44. The van der Waals surface area contributed by atoms with E-state index in [1.165, 1.54) is 6.42 Å². The van der Waals surface area contributed by atoms with Crippen LogP contribution in [0.1, 0.15) is 33.6 Å². The summed E-state index contributed by atoms with van der Waals surface area (Å²) in [5.41, 5.74) is 5.84. The third-order valence-electron chi connectivity index (χ3n) is 3.59. The molecule has 1 rings (SSSR count). The van der Waals surface area contributed by atoms with E-state index in [-0.39, 0.29) is 0 Å². The largest absolute Gasteiger partial charge is 0.377 e. The molecule has 0 radical (unpaired) electrons. The molecule has 0 aliphatic carbocycles. The third kappa shape index (κ3) is 4.04. The van der Waals surface area contributed by atoms with Crippen LogP contribution in [0.4, 0.5) is 0 Å². The van der Waals surface area contributed by atoms with Crippen LogP contribution in [0.15, 0.2) is 0 Å². The number of ether oxygens (including phenoxy) is 1. The Bertz CT molecular complexity index is 196. The minimum absolute atomic E-state index is 0.377. The van der Waals surface area contributed by atoms with Crippen molar-refractivity contribution in [2.45, 2.75) is 45.8 Å². The first-order valence-electron chi connectivity index (χ1n) is 6.56. The van der Waals surface area contributed by atoms with E-state index in [1.807, 2.05) is 0 Å². The van der Waals surface area contributed by atoms with Gasteiger partial charge in [0, 0.05) is 19.2 Å². The van der Waals surface area contributed by atoms with E-state index >= 15 is 0 Å². The maximum absolute atomic E-state index is 5.84. The molecule has 1 heterocycles. The lowest BCUT2D eigenvalue weighted by atomic mass is 9.96. The number of nitrogens with zero attached hydrogens (tertiary/aromatic N) is 1. The molecule has 0 aromatic carbocycles. The lowest BCUT2D eigenvalue weighted by Gasteiger charge is -2.30. The van der Waals surface area contributed by atoms with Gasteiger partial charge in [0.25, 0.3) is 0 Å². The van der Waals surface area contributed by atoms with Crippen LogP contribution in [0.5, 0.6) is 0 Å². The summed E-state index contributed by atoms with van der Waals surface area (Å²) in [7, 11) is 2.21. The SMILES string of the molecule is CC(C)CC(CN)CN(C)C1CCOC1C. The zero-order valence-electron chi connectivity index (χ0n) is 11.3. The lowest BCUT2D eigenvalue weighted by Crippen LogP contribution is -2.41. The second-order valence-electron chi connectivity index (χ2n) is 5.60. The molecule has 0 bridgehead atoms. The van der Waals surface area contributed by atoms with Gasteiger partial charge >= 0.3 is 0 Å². The van der Waals surface area contributed by atoms with E-state index in [4.69, 9.17) is 10.5 Å². The highest BCUT2D eigenvalue weighted by molar-refractivity contribution is 4.82. The van der Waals surface area contributed by atoms with Crippen molar-refractivity contribution in [3.05, 3.63) is 0 Å². The summed E-state index contributed by atoms with van der Waals surface area (Å²) in [5.74, 6) is 1.36. The zero-order valence-corrected chi connectivity index (χ0v) is 11.3. The number of likely N-dealkylation sites (N-methyl/N-ethyl adjacent to an activating group) is 1. The molecule has 0 amide bonds. The van der Waals surface area contributed by atoms with E-state index in [2.05, 4.69) is 32.7 Å². The number of hydrogen-bond acceptors (Lipinski definition) is 3. The van der Waals surface area contributed by atoms with Gasteiger partial charge in [-0.25, -0.2) is 0 Å². The molecule has 96 valence electrons. The Morgan fingerprint density at radius 1 is 1.44 bits per heavy atom. The number of hydrogen-bond donors (Lipinski definition) is 1. The summed E-state index contributed by atoms with van der Waals surface area (Å²) >= 11 is 0. The van der Waals surface area contributed by atoms with Gasteiger partial charge in [-0.1, -0.05) is 13.8 Å². The van der Waals surface area contributed by atoms with Crippen molar-refractivity contribution >= 4 is 0 Å². The first kappa shape index (κ1) is 13.9. The monoisotopic (exact) mass is 228 g/mol. The standard InChI is InChI=1S/C13H28N2O/c1-10(2)7-12(8-14)9-15(4)13-5-6-16-11(13)3/h10-13H,5-9,14H2,1-4H3. The Labute approximate surface area is 100 Å². The molecule has 3 nitrogen and oxygen atoms in total. The molecule has 1 aliphatic rings. The topological polar surface area (TPSA) is 38.5 Å². The average Bonchev–Trinajstić information content (AvgIpc) is 2.62. The van der Waals surface area contributed by atoms with Crippen LogP contribution in [0.3, 0.4) is 0 Å². The second kappa shape index (κ2) is 6.58. The Hall–Kier alpha value is -0.120. The molecule has 1 aliphatic heterocycles. The van der Waals surface area contributed by atoms with Crippen molar-refractivity contribution in [2.24, 2.45) is 17.6 Å². The molecule has 1 saturated heterocycles. The van der Waals surface area contributed by atoms with Crippen LogP contribution < -0.4 is 5.73 Å². The van der Waals surface area contributed by atoms with Crippen molar-refractivity contribution in [2.75, 3.05) is 26.7 Å². The second-order valence-corrected chi connectivity index (χ2v) is 5.60. The van der Waals surface area contributed by atoms with Gasteiger partial charge in [-0.15, -0.1) is 0 Å². The van der Waals surface area contributed by atoms with E-state index in [0.717, 1.165) is 32.0 Å². The molecule has 3 atom stereocenters. The van der Waals surface area contributed by atoms with Crippen LogP contribution >= 0.6 is 0 Å². The van der Waals surface area contributed by atoms with Crippen LogP contribution in [-0.4, -0.2) is 43.8 Å². The van der Waals surface area contributed by atoms with Crippen molar-refractivity contribution in [3.8, 4) is 0 Å². The van der Waals surface area contributed by atoms with Crippen molar-refractivity contribution in [1.29, 1.82) is 0 Å². The fourth-order valence-electron chi connectivity index (χ4n) is 2.75. The highest BCUT2D eigenvalue weighted by Gasteiger charge is 2.28. The predicted molar refractivity (Wildman–Crippen MR) is 68.4 cm³/mol. The van der Waals surface area contributed by atoms with Gasteiger partial charge in [-0.05, 0) is 45.2 Å². The number of rotatable bonds is 6. The summed E-state index contributed by atoms with van der Waals surface area (Å²) in [5, 5.41) is 0. The Balaban J connectivity index is 2.38. The first-order chi connectivity index (χ1) is 7.54. The maximum Gasteiger partial charge on any atom is 0.0702 e. The first-order valence-corrected chi connectivity index (χ1v) is 6.56. The maximum atomic E-state index is 5.84. The van der Waals surface area contributed by atoms with Gasteiger partial charge in [0.1, 0.15) is 0 Å². The fraction of sp³-hybridized carbons (Fsp3) is 1.00. The summed E-state index contributed by atoms with van der Waals surface area (Å²) in [6.07, 6.45) is 2.77. The van der Waals surface area contributed by atoms with Gasteiger partial charge in [0.05, 0.1) is 6.10 Å². The van der Waals surface area contributed by atoms with E-state index in [9.17, 15) is 0 Å². The summed E-state index contributed by atoms with van der Waals surface area (Å²) in [6, 6.07) is 0.584. The van der Waals surface area contributed by atoms with Gasteiger partial charge in [0.2, 0.25) is 0 Å². The normalized spacial score (nSPS) is 27.9. The van der Waals surface area contributed by atoms with Crippen LogP contribution in [-0.2, 0) is 4.74 Å². The fourth-order valence-corrected chi connectivity index (χ4v) is 2.75. The molecule has 0 aromatic rings. The van der Waals surface area contributed by atoms with Gasteiger partial charge in [-0.3, -0.25) is 0 Å². The number of nitrogens with two attached hydrogens (primary N) is 1. The van der Waals surface area contributed by atoms with E-state index in [1.54, 1.807) is 0 Å². The van der Waals surface area contributed by atoms with Crippen LogP contribution in [0.2, 0.25) is 0 Å². The lowest BCUT2D eigenvalue weighted by molar-refractivity contribution is 0.0772. The summed E-state index contributed by atoms with van der Waals surface area (Å²) in [6.45, 7) is 9.52. The minimum atomic E-state index is 0.377. The molecule has 0 aromatic heterocycles.